The lowest BCUT2D eigenvalue weighted by Gasteiger charge is -2.04. The van der Waals surface area contributed by atoms with E-state index in [0.717, 1.165) is 5.33 Å². The van der Waals surface area contributed by atoms with Gasteiger partial charge in [0.25, 0.3) is 0 Å². The van der Waals surface area contributed by atoms with E-state index in [4.69, 9.17) is 0 Å². The molecule has 0 heterocycles. The van der Waals surface area contributed by atoms with Gasteiger partial charge >= 0.3 is 0 Å². The molecule has 0 spiro atoms. The van der Waals surface area contributed by atoms with E-state index in [1.165, 1.54) is 5.56 Å². The van der Waals surface area contributed by atoms with Gasteiger partial charge in [0.1, 0.15) is 0 Å². The molecule has 10 heavy (non-hydrogen) atoms. The van der Waals surface area contributed by atoms with Gasteiger partial charge in [0.05, 0.1) is 0 Å². The highest BCUT2D eigenvalue weighted by Crippen LogP contribution is 2.20. The number of rotatable bonds is 2. The summed E-state index contributed by atoms with van der Waals surface area (Å²) >= 11 is 7.75. The average molecular weight is 217 g/mol. The number of benzene rings is 1. The second-order valence-electron chi connectivity index (χ2n) is 2.08. The number of thiol groups is 1. The molecule has 1 atom stereocenters. The Morgan fingerprint density at radius 3 is 2.40 bits per heavy atom. The average Bonchev–Trinajstić information content (AvgIpc) is 2.05. The van der Waals surface area contributed by atoms with Gasteiger partial charge in [-0.3, -0.25) is 0 Å². The highest BCUT2D eigenvalue weighted by atomic mass is 79.9. The molecule has 0 radical (unpaired) electrons. The van der Waals surface area contributed by atoms with Gasteiger partial charge in [0, 0.05) is 10.6 Å². The van der Waals surface area contributed by atoms with E-state index >= 15 is 0 Å². The topological polar surface area (TPSA) is 0 Å². The zero-order valence-corrected chi connectivity index (χ0v) is 7.98. The van der Waals surface area contributed by atoms with Gasteiger partial charge in [0.2, 0.25) is 0 Å². The van der Waals surface area contributed by atoms with Gasteiger partial charge < -0.3 is 0 Å². The monoisotopic (exact) mass is 216 g/mol. The fourth-order valence-corrected chi connectivity index (χ4v) is 1.31. The summed E-state index contributed by atoms with van der Waals surface area (Å²) in [7, 11) is 0. The van der Waals surface area contributed by atoms with E-state index in [9.17, 15) is 0 Å². The zero-order chi connectivity index (χ0) is 7.40. The van der Waals surface area contributed by atoms with Crippen molar-refractivity contribution < 1.29 is 0 Å². The van der Waals surface area contributed by atoms with Crippen LogP contribution in [0.1, 0.15) is 10.8 Å². The smallest absolute Gasteiger partial charge is 0.0363 e. The molecule has 0 saturated carbocycles. The third-order valence-electron chi connectivity index (χ3n) is 1.33. The highest BCUT2D eigenvalue weighted by Gasteiger charge is 2.00. The molecule has 0 saturated heterocycles. The Morgan fingerprint density at radius 2 is 1.90 bits per heavy atom. The van der Waals surface area contributed by atoms with Crippen LogP contribution in [0, 0.1) is 0 Å². The maximum atomic E-state index is 4.37. The fourth-order valence-electron chi connectivity index (χ4n) is 0.764. The van der Waals surface area contributed by atoms with E-state index in [2.05, 4.69) is 40.7 Å². The molecule has 0 nitrogen and oxygen atoms in total. The van der Waals surface area contributed by atoms with Crippen molar-refractivity contribution in [3.63, 3.8) is 0 Å². The van der Waals surface area contributed by atoms with Crippen molar-refractivity contribution in [2.45, 2.75) is 5.25 Å². The van der Waals surface area contributed by atoms with Crippen molar-refractivity contribution in [2.75, 3.05) is 5.33 Å². The van der Waals surface area contributed by atoms with Crippen LogP contribution in [0.4, 0.5) is 0 Å². The Balaban J connectivity index is 2.75. The molecule has 0 aliphatic carbocycles. The lowest BCUT2D eigenvalue weighted by atomic mass is 10.2. The first-order valence-electron chi connectivity index (χ1n) is 3.13. The molecule has 1 unspecified atom stereocenters. The second-order valence-corrected chi connectivity index (χ2v) is 3.35. The van der Waals surface area contributed by atoms with Crippen molar-refractivity contribution in [3.8, 4) is 0 Å². The Bertz CT molecular complexity index is 186. The van der Waals surface area contributed by atoms with Crippen molar-refractivity contribution >= 4 is 28.6 Å². The van der Waals surface area contributed by atoms with Crippen LogP contribution in [-0.4, -0.2) is 5.33 Å². The predicted molar refractivity (Wildman–Crippen MR) is 52.0 cm³/mol. The van der Waals surface area contributed by atoms with Crippen LogP contribution in [0.25, 0.3) is 0 Å². The lowest BCUT2D eigenvalue weighted by molar-refractivity contribution is 1.14. The Labute approximate surface area is 75.2 Å². The van der Waals surface area contributed by atoms with Gasteiger partial charge in [-0.15, -0.1) is 0 Å². The van der Waals surface area contributed by atoms with Crippen LogP contribution in [0.3, 0.4) is 0 Å². The van der Waals surface area contributed by atoms with Gasteiger partial charge in [-0.1, -0.05) is 46.3 Å². The summed E-state index contributed by atoms with van der Waals surface area (Å²) in [6, 6.07) is 10.2. The SMILES string of the molecule is SC(CBr)c1ccccc1. The van der Waals surface area contributed by atoms with Crippen molar-refractivity contribution in [1.29, 1.82) is 0 Å². The van der Waals surface area contributed by atoms with Crippen molar-refractivity contribution in [3.05, 3.63) is 35.9 Å². The maximum absolute atomic E-state index is 4.37. The van der Waals surface area contributed by atoms with Crippen LogP contribution in [0.5, 0.6) is 0 Å². The van der Waals surface area contributed by atoms with Gasteiger partial charge in [0.15, 0.2) is 0 Å². The number of hydrogen-bond acceptors (Lipinski definition) is 1. The van der Waals surface area contributed by atoms with Crippen LogP contribution in [0.15, 0.2) is 30.3 Å². The third-order valence-corrected chi connectivity index (χ3v) is 2.96. The summed E-state index contributed by atoms with van der Waals surface area (Å²) in [5.41, 5.74) is 1.27. The zero-order valence-electron chi connectivity index (χ0n) is 5.50. The quantitative estimate of drug-likeness (QED) is 0.571. The molecule has 0 amide bonds. The predicted octanol–water partition coefficient (Wildman–Crippen LogP) is 3.05. The van der Waals surface area contributed by atoms with Gasteiger partial charge in [-0.2, -0.15) is 12.6 Å². The minimum absolute atomic E-state index is 0.321. The van der Waals surface area contributed by atoms with Gasteiger partial charge in [-0.25, -0.2) is 0 Å². The normalized spacial score (nSPS) is 13.0. The molecule has 0 aliphatic heterocycles. The summed E-state index contributed by atoms with van der Waals surface area (Å²) in [4.78, 5) is 0. The molecular weight excluding hydrogens is 208 g/mol. The highest BCUT2D eigenvalue weighted by molar-refractivity contribution is 9.09. The summed E-state index contributed by atoms with van der Waals surface area (Å²) in [5, 5.41) is 1.22. The van der Waals surface area contributed by atoms with Crippen molar-refractivity contribution in [2.24, 2.45) is 0 Å². The Morgan fingerprint density at radius 1 is 1.30 bits per heavy atom. The number of alkyl halides is 1. The molecule has 0 aromatic heterocycles. The Hall–Kier alpha value is 0.0500. The molecular formula is C8H9BrS. The maximum Gasteiger partial charge on any atom is 0.0363 e. The first kappa shape index (κ1) is 8.15. The summed E-state index contributed by atoms with van der Waals surface area (Å²) in [6.45, 7) is 0. The summed E-state index contributed by atoms with van der Waals surface area (Å²) in [5.74, 6) is 0. The first-order chi connectivity index (χ1) is 4.84. The molecule has 0 fully saturated rings. The van der Waals surface area contributed by atoms with Crippen LogP contribution in [-0.2, 0) is 0 Å². The number of hydrogen-bond donors (Lipinski definition) is 1. The number of halogens is 1. The van der Waals surface area contributed by atoms with E-state index in [1.54, 1.807) is 0 Å². The molecule has 2 heteroatoms. The first-order valence-corrected chi connectivity index (χ1v) is 4.77. The molecule has 54 valence electrons. The van der Waals surface area contributed by atoms with E-state index in [-0.39, 0.29) is 0 Å². The second kappa shape index (κ2) is 4.04. The fraction of sp³-hybridized carbons (Fsp3) is 0.250. The largest absolute Gasteiger partial charge is 0.170 e. The van der Waals surface area contributed by atoms with Crippen LogP contribution >= 0.6 is 28.6 Å². The molecule has 1 rings (SSSR count). The summed E-state index contributed by atoms with van der Waals surface area (Å²) < 4.78 is 0. The lowest BCUT2D eigenvalue weighted by Crippen LogP contribution is -1.89. The van der Waals surface area contributed by atoms with E-state index in [0.29, 0.717) is 5.25 Å². The minimum atomic E-state index is 0.321. The molecule has 0 N–H and O–H groups in total. The van der Waals surface area contributed by atoms with Crippen LogP contribution < -0.4 is 0 Å². The molecule has 1 aromatic rings. The Kier molecular flexibility index (Phi) is 3.29. The molecule has 1 aromatic carbocycles. The van der Waals surface area contributed by atoms with E-state index < -0.39 is 0 Å². The summed E-state index contributed by atoms with van der Waals surface area (Å²) in [6.07, 6.45) is 0. The van der Waals surface area contributed by atoms with Gasteiger partial charge in [-0.05, 0) is 5.56 Å². The minimum Gasteiger partial charge on any atom is -0.170 e. The van der Waals surface area contributed by atoms with Crippen molar-refractivity contribution in [1.82, 2.24) is 0 Å². The molecule has 0 bridgehead atoms. The standard InChI is InChI=1S/C8H9BrS/c9-6-8(10)7-4-2-1-3-5-7/h1-5,8,10H,6H2. The van der Waals surface area contributed by atoms with E-state index in [1.807, 2.05) is 18.2 Å². The van der Waals surface area contributed by atoms with Crippen LogP contribution in [0.2, 0.25) is 0 Å². The third kappa shape index (κ3) is 2.03. The molecule has 0 aliphatic rings.